The summed E-state index contributed by atoms with van der Waals surface area (Å²) >= 11 is 9.76. The van der Waals surface area contributed by atoms with Crippen molar-refractivity contribution in [3.63, 3.8) is 0 Å². The highest BCUT2D eigenvalue weighted by molar-refractivity contribution is 9.10. The second kappa shape index (κ2) is 6.46. The first-order valence-electron chi connectivity index (χ1n) is 7.20. The number of para-hydroxylation sites is 1. The van der Waals surface area contributed by atoms with Crippen molar-refractivity contribution >= 4 is 44.1 Å². The van der Waals surface area contributed by atoms with Gasteiger partial charge in [-0.1, -0.05) is 29.8 Å². The number of benzene rings is 2. The van der Waals surface area contributed by atoms with E-state index in [1.165, 1.54) is 6.07 Å². The van der Waals surface area contributed by atoms with Crippen molar-refractivity contribution in [3.05, 3.63) is 68.5 Å². The van der Waals surface area contributed by atoms with Gasteiger partial charge in [-0.25, -0.2) is 4.39 Å². The molecule has 0 aliphatic carbocycles. The monoisotopic (exact) mass is 392 g/mol. The Morgan fingerprint density at radius 3 is 2.78 bits per heavy atom. The topological polar surface area (TPSA) is 24.9 Å². The van der Waals surface area contributed by atoms with E-state index in [1.807, 2.05) is 38.1 Å². The van der Waals surface area contributed by atoms with Crippen LogP contribution < -0.4 is 5.32 Å². The zero-order chi connectivity index (χ0) is 16.6. The lowest BCUT2D eigenvalue weighted by atomic mass is 10.1. The largest absolute Gasteiger partial charge is 0.380 e. The second-order valence-corrected chi connectivity index (χ2v) is 6.69. The molecule has 3 rings (SSSR count). The summed E-state index contributed by atoms with van der Waals surface area (Å²) < 4.78 is 15.0. The van der Waals surface area contributed by atoms with Crippen LogP contribution in [0, 0.1) is 19.7 Å². The molecule has 0 saturated carbocycles. The second-order valence-electron chi connectivity index (χ2n) is 5.46. The number of pyridine rings is 1. The first-order chi connectivity index (χ1) is 11.0. The molecule has 0 saturated heterocycles. The number of nitrogens with zero attached hydrogens (tertiary/aromatic N) is 1. The van der Waals surface area contributed by atoms with Gasteiger partial charge in [0.15, 0.2) is 0 Å². The molecule has 0 fully saturated rings. The van der Waals surface area contributed by atoms with Gasteiger partial charge in [-0.05, 0) is 53.5 Å². The molecule has 0 unspecified atom stereocenters. The van der Waals surface area contributed by atoms with Crippen LogP contribution in [0.25, 0.3) is 10.9 Å². The molecule has 3 aromatic rings. The van der Waals surface area contributed by atoms with Gasteiger partial charge in [0, 0.05) is 33.3 Å². The third kappa shape index (κ3) is 3.19. The molecule has 0 spiro atoms. The number of hydrogen-bond donors (Lipinski definition) is 1. The van der Waals surface area contributed by atoms with Crippen LogP contribution in [-0.4, -0.2) is 4.98 Å². The van der Waals surface area contributed by atoms with Gasteiger partial charge in [0.2, 0.25) is 0 Å². The molecule has 1 N–H and O–H groups in total. The van der Waals surface area contributed by atoms with Gasteiger partial charge in [-0.3, -0.25) is 4.98 Å². The van der Waals surface area contributed by atoms with Crippen LogP contribution in [0.4, 0.5) is 10.1 Å². The first-order valence-corrected chi connectivity index (χ1v) is 8.37. The molecular weight excluding hydrogens is 379 g/mol. The molecule has 2 aromatic carbocycles. The van der Waals surface area contributed by atoms with Crippen molar-refractivity contribution in [2.45, 2.75) is 20.4 Å². The summed E-state index contributed by atoms with van der Waals surface area (Å²) in [4.78, 5) is 4.55. The van der Waals surface area contributed by atoms with Crippen molar-refractivity contribution < 1.29 is 4.39 Å². The minimum absolute atomic E-state index is 0.302. The van der Waals surface area contributed by atoms with Crippen molar-refractivity contribution in [2.24, 2.45) is 0 Å². The van der Waals surface area contributed by atoms with E-state index >= 15 is 0 Å². The Bertz CT molecular complexity index is 896. The summed E-state index contributed by atoms with van der Waals surface area (Å²) in [5.74, 6) is -0.302. The Morgan fingerprint density at radius 1 is 1.22 bits per heavy atom. The summed E-state index contributed by atoms with van der Waals surface area (Å²) in [7, 11) is 0. The molecular formula is C18H15BrClFN2. The summed E-state index contributed by atoms with van der Waals surface area (Å²) in [5, 5.41) is 4.74. The Labute approximate surface area is 147 Å². The Balaban J connectivity index is 2.00. The van der Waals surface area contributed by atoms with Gasteiger partial charge >= 0.3 is 0 Å². The fourth-order valence-corrected chi connectivity index (χ4v) is 3.22. The molecule has 1 heterocycles. The number of nitrogens with one attached hydrogen (secondary N) is 1. The van der Waals surface area contributed by atoms with E-state index in [9.17, 15) is 4.39 Å². The van der Waals surface area contributed by atoms with E-state index in [0.717, 1.165) is 32.3 Å². The number of aromatic nitrogens is 1. The highest BCUT2D eigenvalue weighted by Crippen LogP contribution is 2.30. The summed E-state index contributed by atoms with van der Waals surface area (Å²) in [6, 6.07) is 11.0. The fourth-order valence-electron chi connectivity index (χ4n) is 2.55. The molecule has 0 bridgehead atoms. The van der Waals surface area contributed by atoms with Crippen LogP contribution in [-0.2, 0) is 6.54 Å². The Kier molecular flexibility index (Phi) is 4.55. The third-order valence-electron chi connectivity index (χ3n) is 3.75. The zero-order valence-electron chi connectivity index (χ0n) is 12.8. The predicted octanol–water partition coefficient (Wildman–Crippen LogP) is 6.02. The molecule has 0 amide bonds. The smallest absolute Gasteiger partial charge is 0.129 e. The molecule has 2 nitrogen and oxygen atoms in total. The molecule has 0 atom stereocenters. The number of aryl methyl sites for hydroxylation is 2. The van der Waals surface area contributed by atoms with Crippen LogP contribution in [0.2, 0.25) is 5.02 Å². The maximum atomic E-state index is 14.0. The number of halogens is 3. The zero-order valence-corrected chi connectivity index (χ0v) is 15.1. The van der Waals surface area contributed by atoms with E-state index in [1.54, 1.807) is 6.07 Å². The van der Waals surface area contributed by atoms with Crippen LogP contribution in [0.5, 0.6) is 0 Å². The number of fused-ring (bicyclic) bond motifs is 1. The van der Waals surface area contributed by atoms with E-state index < -0.39 is 0 Å². The summed E-state index contributed by atoms with van der Waals surface area (Å²) in [6.07, 6.45) is 0. The maximum absolute atomic E-state index is 14.0. The van der Waals surface area contributed by atoms with Crippen molar-refractivity contribution in [1.82, 2.24) is 4.98 Å². The third-order valence-corrected chi connectivity index (χ3v) is 4.92. The van der Waals surface area contributed by atoms with Crippen molar-refractivity contribution in [2.75, 3.05) is 5.32 Å². The number of rotatable bonds is 3. The maximum Gasteiger partial charge on any atom is 0.129 e. The average molecular weight is 394 g/mol. The van der Waals surface area contributed by atoms with Gasteiger partial charge in [0.1, 0.15) is 5.82 Å². The lowest BCUT2D eigenvalue weighted by Gasteiger charge is -2.14. The van der Waals surface area contributed by atoms with Gasteiger partial charge in [0.25, 0.3) is 0 Å². The van der Waals surface area contributed by atoms with Crippen LogP contribution >= 0.6 is 27.5 Å². The van der Waals surface area contributed by atoms with E-state index in [-0.39, 0.29) is 5.82 Å². The highest BCUT2D eigenvalue weighted by Gasteiger charge is 2.11. The Hall–Kier alpha value is -1.65. The number of anilines is 1. The predicted molar refractivity (Wildman–Crippen MR) is 97.7 cm³/mol. The normalized spacial score (nSPS) is 11.0. The molecule has 0 aliphatic heterocycles. The van der Waals surface area contributed by atoms with E-state index in [4.69, 9.17) is 11.6 Å². The number of hydrogen-bond acceptors (Lipinski definition) is 2. The quantitative estimate of drug-likeness (QED) is 0.588. The molecule has 118 valence electrons. The SMILES string of the molecule is Cc1cc(NCc2c(F)ccc(C)c2Cl)c2cccc(Br)c2n1. The molecule has 5 heteroatoms. The van der Waals surface area contributed by atoms with Crippen LogP contribution in [0.15, 0.2) is 40.9 Å². The molecule has 23 heavy (non-hydrogen) atoms. The Morgan fingerprint density at radius 2 is 2.00 bits per heavy atom. The summed E-state index contributed by atoms with van der Waals surface area (Å²) in [6.45, 7) is 4.12. The first kappa shape index (κ1) is 16.2. The fraction of sp³-hybridized carbons (Fsp3) is 0.167. The van der Waals surface area contributed by atoms with Crippen LogP contribution in [0.3, 0.4) is 0 Å². The van der Waals surface area contributed by atoms with Gasteiger partial charge in [-0.2, -0.15) is 0 Å². The molecule has 0 radical (unpaired) electrons. The van der Waals surface area contributed by atoms with Gasteiger partial charge < -0.3 is 5.32 Å². The van der Waals surface area contributed by atoms with Gasteiger partial charge in [0.05, 0.1) is 10.5 Å². The van der Waals surface area contributed by atoms with E-state index in [0.29, 0.717) is 17.1 Å². The average Bonchev–Trinajstić information content (AvgIpc) is 2.52. The lowest BCUT2D eigenvalue weighted by molar-refractivity contribution is 0.612. The molecule has 1 aromatic heterocycles. The van der Waals surface area contributed by atoms with Gasteiger partial charge in [-0.15, -0.1) is 0 Å². The van der Waals surface area contributed by atoms with Crippen molar-refractivity contribution in [3.8, 4) is 0 Å². The van der Waals surface area contributed by atoms with E-state index in [2.05, 4.69) is 26.2 Å². The standard InChI is InChI=1S/C18H15BrClFN2/c1-10-6-7-15(21)13(17(10)20)9-22-16-8-11(2)23-18-12(16)4-3-5-14(18)19/h3-8H,9H2,1-2H3,(H,22,23). The highest BCUT2D eigenvalue weighted by atomic mass is 79.9. The van der Waals surface area contributed by atoms with Crippen LogP contribution in [0.1, 0.15) is 16.8 Å². The van der Waals surface area contributed by atoms with Crippen molar-refractivity contribution in [1.29, 1.82) is 0 Å². The lowest BCUT2D eigenvalue weighted by Crippen LogP contribution is -2.05. The molecule has 0 aliphatic rings. The minimum Gasteiger partial charge on any atom is -0.380 e. The minimum atomic E-state index is -0.302. The summed E-state index contributed by atoms with van der Waals surface area (Å²) in [5.41, 5.74) is 4.02.